The van der Waals surface area contributed by atoms with E-state index in [9.17, 15) is 4.79 Å². The average Bonchev–Trinajstić information content (AvgIpc) is 1.97. The molecule has 0 radical (unpaired) electrons. The molecule has 11 heavy (non-hydrogen) atoms. The minimum Gasteiger partial charge on any atom is -0.385 e. The molecule has 0 spiro atoms. The summed E-state index contributed by atoms with van der Waals surface area (Å²) in [7, 11) is 1.67. The van der Waals surface area contributed by atoms with Crippen molar-refractivity contribution in [3.05, 3.63) is 12.2 Å². The Labute approximate surface area is 68.2 Å². The summed E-state index contributed by atoms with van der Waals surface area (Å²) in [6.45, 7) is 6.06. The summed E-state index contributed by atoms with van der Waals surface area (Å²) in [5.41, 5.74) is 0.655. The fraction of sp³-hybridized carbons (Fsp3) is 0.667. The first-order valence-corrected chi connectivity index (χ1v) is 3.86. The molecule has 0 aromatic heterocycles. The molecule has 0 aliphatic carbocycles. The topological polar surface area (TPSA) is 26.3 Å². The fourth-order valence-corrected chi connectivity index (χ4v) is 0.745. The highest BCUT2D eigenvalue weighted by molar-refractivity contribution is 5.93. The molecule has 0 aromatic carbocycles. The van der Waals surface area contributed by atoms with Gasteiger partial charge in [-0.05, 0) is 25.3 Å². The summed E-state index contributed by atoms with van der Waals surface area (Å²) in [5.74, 6) is 0.168. The summed E-state index contributed by atoms with van der Waals surface area (Å²) in [6.07, 6.45) is 2.47. The minimum atomic E-state index is 0.168. The molecule has 0 fully saturated rings. The van der Waals surface area contributed by atoms with E-state index in [-0.39, 0.29) is 5.78 Å². The molecule has 0 saturated carbocycles. The number of unbranched alkanes of at least 4 members (excludes halogenated alkanes) is 1. The monoisotopic (exact) mass is 156 g/mol. The Morgan fingerprint density at radius 3 is 2.55 bits per heavy atom. The van der Waals surface area contributed by atoms with Crippen LogP contribution in [0, 0.1) is 0 Å². The van der Waals surface area contributed by atoms with Gasteiger partial charge in [0.25, 0.3) is 0 Å². The minimum absolute atomic E-state index is 0.168. The highest BCUT2D eigenvalue weighted by Crippen LogP contribution is 2.01. The number of Topliss-reactive ketones (excluding diaryl/α,β-unsaturated/α-hetero) is 1. The van der Waals surface area contributed by atoms with E-state index in [2.05, 4.69) is 6.58 Å². The Hall–Kier alpha value is -0.630. The molecular weight excluding hydrogens is 140 g/mol. The van der Waals surface area contributed by atoms with E-state index in [0.29, 0.717) is 12.0 Å². The molecule has 0 rings (SSSR count). The van der Waals surface area contributed by atoms with E-state index >= 15 is 0 Å². The molecule has 0 aliphatic heterocycles. The maximum atomic E-state index is 11.0. The van der Waals surface area contributed by atoms with E-state index in [1.165, 1.54) is 0 Å². The lowest BCUT2D eigenvalue weighted by molar-refractivity contribution is -0.115. The van der Waals surface area contributed by atoms with Crippen molar-refractivity contribution >= 4 is 5.78 Å². The molecule has 0 unspecified atom stereocenters. The Morgan fingerprint density at radius 1 is 1.45 bits per heavy atom. The van der Waals surface area contributed by atoms with Gasteiger partial charge in [-0.3, -0.25) is 4.79 Å². The highest BCUT2D eigenvalue weighted by Gasteiger charge is 2.00. The van der Waals surface area contributed by atoms with E-state index in [4.69, 9.17) is 4.74 Å². The van der Waals surface area contributed by atoms with Crippen LogP contribution in [-0.2, 0) is 9.53 Å². The van der Waals surface area contributed by atoms with Gasteiger partial charge in [-0.25, -0.2) is 0 Å². The van der Waals surface area contributed by atoms with Gasteiger partial charge in [0, 0.05) is 20.1 Å². The Balaban J connectivity index is 3.25. The second kappa shape index (κ2) is 6.10. The van der Waals surface area contributed by atoms with Crippen molar-refractivity contribution in [3.8, 4) is 0 Å². The van der Waals surface area contributed by atoms with Crippen molar-refractivity contribution < 1.29 is 9.53 Å². The van der Waals surface area contributed by atoms with E-state index in [1.807, 2.05) is 0 Å². The second-order valence-electron chi connectivity index (χ2n) is 2.65. The van der Waals surface area contributed by atoms with Crippen LogP contribution in [0.2, 0.25) is 0 Å². The molecule has 64 valence electrons. The predicted molar refractivity (Wildman–Crippen MR) is 45.5 cm³/mol. The first kappa shape index (κ1) is 10.4. The zero-order valence-electron chi connectivity index (χ0n) is 7.35. The van der Waals surface area contributed by atoms with Crippen LogP contribution in [0.1, 0.15) is 26.2 Å². The number of hydrogen-bond acceptors (Lipinski definition) is 2. The number of rotatable bonds is 6. The van der Waals surface area contributed by atoms with Crippen LogP contribution in [-0.4, -0.2) is 19.5 Å². The Bertz CT molecular complexity index is 138. The van der Waals surface area contributed by atoms with Gasteiger partial charge in [0.05, 0.1) is 0 Å². The number of carbonyl (C=O) groups excluding carboxylic acids is 1. The lowest BCUT2D eigenvalue weighted by Crippen LogP contribution is -1.99. The number of methoxy groups -OCH3 is 1. The Morgan fingerprint density at radius 2 is 2.09 bits per heavy atom. The van der Waals surface area contributed by atoms with Crippen LogP contribution < -0.4 is 0 Å². The van der Waals surface area contributed by atoms with Crippen LogP contribution in [0.5, 0.6) is 0 Å². The van der Waals surface area contributed by atoms with Gasteiger partial charge in [0.15, 0.2) is 5.78 Å². The van der Waals surface area contributed by atoms with Crippen LogP contribution in [0.15, 0.2) is 12.2 Å². The molecule has 0 saturated heterocycles. The van der Waals surface area contributed by atoms with Gasteiger partial charge < -0.3 is 4.74 Å². The quantitative estimate of drug-likeness (QED) is 0.434. The van der Waals surface area contributed by atoms with Gasteiger partial charge in [-0.15, -0.1) is 0 Å². The average molecular weight is 156 g/mol. The summed E-state index contributed by atoms with van der Waals surface area (Å²) < 4.78 is 4.85. The molecule has 0 bridgehead atoms. The van der Waals surface area contributed by atoms with Crippen molar-refractivity contribution in [1.29, 1.82) is 0 Å². The summed E-state index contributed by atoms with van der Waals surface area (Å²) in [6, 6.07) is 0. The fourth-order valence-electron chi connectivity index (χ4n) is 0.745. The van der Waals surface area contributed by atoms with Crippen LogP contribution in [0.4, 0.5) is 0 Å². The van der Waals surface area contributed by atoms with Gasteiger partial charge in [0.1, 0.15) is 0 Å². The Kier molecular flexibility index (Phi) is 5.75. The van der Waals surface area contributed by atoms with Gasteiger partial charge in [-0.1, -0.05) is 6.58 Å². The number of allylic oxidation sites excluding steroid dienone is 1. The van der Waals surface area contributed by atoms with E-state index in [0.717, 1.165) is 19.4 Å². The lowest BCUT2D eigenvalue weighted by Gasteiger charge is -1.98. The van der Waals surface area contributed by atoms with Gasteiger partial charge in [0.2, 0.25) is 0 Å². The maximum absolute atomic E-state index is 11.0. The SMILES string of the molecule is C=C(C)C(=O)CCCCOC. The van der Waals surface area contributed by atoms with E-state index in [1.54, 1.807) is 14.0 Å². The van der Waals surface area contributed by atoms with Crippen molar-refractivity contribution in [3.63, 3.8) is 0 Å². The third-order valence-corrected chi connectivity index (χ3v) is 1.48. The maximum Gasteiger partial charge on any atom is 0.157 e. The second-order valence-corrected chi connectivity index (χ2v) is 2.65. The molecule has 2 heteroatoms. The first-order valence-electron chi connectivity index (χ1n) is 3.86. The summed E-state index contributed by atoms with van der Waals surface area (Å²) in [5, 5.41) is 0. The van der Waals surface area contributed by atoms with E-state index < -0.39 is 0 Å². The van der Waals surface area contributed by atoms with Crippen LogP contribution in [0.25, 0.3) is 0 Å². The van der Waals surface area contributed by atoms with Gasteiger partial charge in [-0.2, -0.15) is 0 Å². The molecule has 2 nitrogen and oxygen atoms in total. The lowest BCUT2D eigenvalue weighted by atomic mass is 10.1. The molecule has 0 heterocycles. The predicted octanol–water partition coefficient (Wildman–Crippen LogP) is 1.95. The van der Waals surface area contributed by atoms with Gasteiger partial charge >= 0.3 is 0 Å². The van der Waals surface area contributed by atoms with Crippen LogP contribution >= 0.6 is 0 Å². The molecular formula is C9H16O2. The smallest absolute Gasteiger partial charge is 0.157 e. The molecule has 0 aliphatic rings. The molecule has 0 N–H and O–H groups in total. The highest BCUT2D eigenvalue weighted by atomic mass is 16.5. The number of carbonyl (C=O) groups is 1. The molecule has 0 amide bonds. The molecule has 0 atom stereocenters. The largest absolute Gasteiger partial charge is 0.385 e. The summed E-state index contributed by atoms with van der Waals surface area (Å²) in [4.78, 5) is 11.0. The first-order chi connectivity index (χ1) is 5.18. The van der Waals surface area contributed by atoms with Crippen LogP contribution in [0.3, 0.4) is 0 Å². The summed E-state index contributed by atoms with van der Waals surface area (Å²) >= 11 is 0. The van der Waals surface area contributed by atoms with Crippen molar-refractivity contribution in [2.45, 2.75) is 26.2 Å². The van der Waals surface area contributed by atoms with Crippen molar-refractivity contribution in [1.82, 2.24) is 0 Å². The third-order valence-electron chi connectivity index (χ3n) is 1.48. The zero-order chi connectivity index (χ0) is 8.69. The molecule has 0 aromatic rings. The number of ketones is 1. The van der Waals surface area contributed by atoms with Crippen molar-refractivity contribution in [2.24, 2.45) is 0 Å². The third kappa shape index (κ3) is 5.80. The number of hydrogen-bond donors (Lipinski definition) is 0. The normalized spacial score (nSPS) is 9.64. The number of ether oxygens (including phenoxy) is 1. The standard InChI is InChI=1S/C9H16O2/c1-8(2)9(10)6-4-5-7-11-3/h1,4-7H2,2-3H3. The van der Waals surface area contributed by atoms with Crippen molar-refractivity contribution in [2.75, 3.05) is 13.7 Å². The zero-order valence-corrected chi connectivity index (χ0v) is 7.35.